The zero-order valence-corrected chi connectivity index (χ0v) is 15.5. The van der Waals surface area contributed by atoms with Gasteiger partial charge in [0.05, 0.1) is 0 Å². The number of carbonyl (C=O) groups excluding carboxylic acids is 2. The monoisotopic (exact) mass is 346 g/mol. The van der Waals surface area contributed by atoms with Crippen molar-refractivity contribution in [3.8, 4) is 0 Å². The number of carbonyl (C=O) groups is 2. The lowest BCUT2D eigenvalue weighted by Gasteiger charge is -2.34. The van der Waals surface area contributed by atoms with E-state index >= 15 is 0 Å². The minimum Gasteiger partial charge on any atom is -0.348 e. The van der Waals surface area contributed by atoms with Crippen molar-refractivity contribution in [3.05, 3.63) is 29.8 Å². The van der Waals surface area contributed by atoms with Crippen molar-refractivity contribution in [3.63, 3.8) is 0 Å². The van der Waals surface area contributed by atoms with Gasteiger partial charge < -0.3 is 15.5 Å². The predicted octanol–water partition coefficient (Wildman–Crippen LogP) is 1.53. The molecule has 2 rings (SSSR count). The zero-order chi connectivity index (χ0) is 18.2. The summed E-state index contributed by atoms with van der Waals surface area (Å²) in [5.74, 6) is -0.897. The van der Waals surface area contributed by atoms with Crippen LogP contribution in [0.15, 0.2) is 24.3 Å². The van der Waals surface area contributed by atoms with Crippen LogP contribution >= 0.6 is 0 Å². The summed E-state index contributed by atoms with van der Waals surface area (Å²) in [7, 11) is 0. The number of benzene rings is 1. The Balaban J connectivity index is 1.79. The van der Waals surface area contributed by atoms with E-state index in [2.05, 4.69) is 27.4 Å². The lowest BCUT2D eigenvalue weighted by atomic mass is 10.1. The Morgan fingerprint density at radius 2 is 1.60 bits per heavy atom. The molecule has 2 N–H and O–H groups in total. The number of nitrogens with one attached hydrogen (secondary N) is 2. The van der Waals surface area contributed by atoms with Crippen molar-refractivity contribution in [1.29, 1.82) is 0 Å². The second-order valence-electron chi connectivity index (χ2n) is 6.97. The molecule has 0 aromatic heterocycles. The first-order valence-corrected chi connectivity index (χ1v) is 9.10. The molecule has 2 amide bonds. The van der Waals surface area contributed by atoms with Crippen LogP contribution in [0, 0.1) is 5.92 Å². The molecule has 6 heteroatoms. The molecule has 0 unspecified atom stereocenters. The fourth-order valence-corrected chi connectivity index (χ4v) is 2.78. The molecule has 0 saturated carbocycles. The molecule has 1 aromatic rings. The molecule has 0 atom stereocenters. The molecule has 1 fully saturated rings. The van der Waals surface area contributed by atoms with Gasteiger partial charge in [0.15, 0.2) is 0 Å². The van der Waals surface area contributed by atoms with Gasteiger partial charge in [0.25, 0.3) is 0 Å². The Labute approximate surface area is 150 Å². The molecule has 1 saturated heterocycles. The highest BCUT2D eigenvalue weighted by Gasteiger charge is 2.16. The number of hydrogen-bond donors (Lipinski definition) is 2. The standard InChI is InChI=1S/C19H30N4O2/c1-4-22-9-11-23(12-10-22)14-16-5-7-17(8-6-16)21-19(25)18(24)20-13-15(2)3/h5-8,15H,4,9-14H2,1-3H3,(H,20,24)(H,21,25). The van der Waals surface area contributed by atoms with Gasteiger partial charge >= 0.3 is 11.8 Å². The lowest BCUT2D eigenvalue weighted by Crippen LogP contribution is -2.45. The van der Waals surface area contributed by atoms with E-state index in [0.29, 0.717) is 18.2 Å². The summed E-state index contributed by atoms with van der Waals surface area (Å²) in [5.41, 5.74) is 1.86. The van der Waals surface area contributed by atoms with Gasteiger partial charge in [0.2, 0.25) is 0 Å². The fraction of sp³-hybridized carbons (Fsp3) is 0.579. The van der Waals surface area contributed by atoms with E-state index in [1.807, 2.05) is 38.1 Å². The fourth-order valence-electron chi connectivity index (χ4n) is 2.78. The molecule has 1 aliphatic heterocycles. The number of piperazine rings is 1. The highest BCUT2D eigenvalue weighted by molar-refractivity contribution is 6.39. The van der Waals surface area contributed by atoms with Crippen LogP contribution in [0.3, 0.4) is 0 Å². The minimum absolute atomic E-state index is 0.315. The molecule has 0 radical (unpaired) electrons. The summed E-state index contributed by atoms with van der Waals surface area (Å²) < 4.78 is 0. The number of nitrogens with zero attached hydrogens (tertiary/aromatic N) is 2. The molecule has 1 heterocycles. The topological polar surface area (TPSA) is 64.7 Å². The van der Waals surface area contributed by atoms with E-state index in [4.69, 9.17) is 0 Å². The summed E-state index contributed by atoms with van der Waals surface area (Å²) >= 11 is 0. The van der Waals surface area contributed by atoms with Crippen LogP contribution in [0.5, 0.6) is 0 Å². The summed E-state index contributed by atoms with van der Waals surface area (Å²) in [6.45, 7) is 13.1. The molecule has 0 spiro atoms. The number of anilines is 1. The summed E-state index contributed by atoms with van der Waals surface area (Å²) in [6.07, 6.45) is 0. The van der Waals surface area contributed by atoms with E-state index in [9.17, 15) is 9.59 Å². The first kappa shape index (κ1) is 19.4. The van der Waals surface area contributed by atoms with Crippen molar-refractivity contribution in [1.82, 2.24) is 15.1 Å². The van der Waals surface area contributed by atoms with Gasteiger partial charge in [-0.2, -0.15) is 0 Å². The van der Waals surface area contributed by atoms with E-state index in [-0.39, 0.29) is 0 Å². The van der Waals surface area contributed by atoms with Crippen molar-refractivity contribution in [2.45, 2.75) is 27.3 Å². The highest BCUT2D eigenvalue weighted by Crippen LogP contribution is 2.13. The highest BCUT2D eigenvalue weighted by atomic mass is 16.2. The van der Waals surface area contributed by atoms with Crippen LogP contribution in [0.4, 0.5) is 5.69 Å². The van der Waals surface area contributed by atoms with Crippen LogP contribution < -0.4 is 10.6 Å². The smallest absolute Gasteiger partial charge is 0.313 e. The maximum Gasteiger partial charge on any atom is 0.313 e. The van der Waals surface area contributed by atoms with Crippen LogP contribution in [0.2, 0.25) is 0 Å². The Hall–Kier alpha value is -1.92. The second kappa shape index (κ2) is 9.53. The average Bonchev–Trinajstić information content (AvgIpc) is 2.62. The summed E-state index contributed by atoms with van der Waals surface area (Å²) in [6, 6.07) is 7.72. The van der Waals surface area contributed by atoms with Crippen LogP contribution in [0.1, 0.15) is 26.3 Å². The Kier molecular flexibility index (Phi) is 7.40. The second-order valence-corrected chi connectivity index (χ2v) is 6.97. The van der Waals surface area contributed by atoms with E-state index in [0.717, 1.165) is 39.3 Å². The van der Waals surface area contributed by atoms with Crippen molar-refractivity contribution < 1.29 is 9.59 Å². The summed E-state index contributed by atoms with van der Waals surface area (Å²) in [4.78, 5) is 28.5. The van der Waals surface area contributed by atoms with Crippen molar-refractivity contribution >= 4 is 17.5 Å². The zero-order valence-electron chi connectivity index (χ0n) is 15.5. The van der Waals surface area contributed by atoms with Gasteiger partial charge in [-0.15, -0.1) is 0 Å². The molecule has 6 nitrogen and oxygen atoms in total. The van der Waals surface area contributed by atoms with Gasteiger partial charge in [-0.3, -0.25) is 14.5 Å². The largest absolute Gasteiger partial charge is 0.348 e. The van der Waals surface area contributed by atoms with E-state index < -0.39 is 11.8 Å². The van der Waals surface area contributed by atoms with Crippen molar-refractivity contribution in [2.75, 3.05) is 44.6 Å². The molecule has 25 heavy (non-hydrogen) atoms. The molecule has 1 aliphatic rings. The third-order valence-corrected chi connectivity index (χ3v) is 4.41. The quantitative estimate of drug-likeness (QED) is 0.767. The van der Waals surface area contributed by atoms with Crippen molar-refractivity contribution in [2.24, 2.45) is 5.92 Å². The SMILES string of the molecule is CCN1CCN(Cc2ccc(NC(=O)C(=O)NCC(C)C)cc2)CC1. The van der Waals surface area contributed by atoms with Gasteiger partial charge in [-0.05, 0) is 30.2 Å². The van der Waals surface area contributed by atoms with E-state index in [1.54, 1.807) is 0 Å². The number of rotatable bonds is 6. The Morgan fingerprint density at radius 1 is 1.00 bits per heavy atom. The Morgan fingerprint density at radius 3 is 2.16 bits per heavy atom. The van der Waals surface area contributed by atoms with Crippen LogP contribution in [-0.4, -0.2) is 60.9 Å². The first-order valence-electron chi connectivity index (χ1n) is 9.10. The van der Waals surface area contributed by atoms with Crippen LogP contribution in [0.25, 0.3) is 0 Å². The third kappa shape index (κ3) is 6.48. The average molecular weight is 346 g/mol. The molecule has 0 bridgehead atoms. The van der Waals surface area contributed by atoms with E-state index in [1.165, 1.54) is 5.56 Å². The molecule has 138 valence electrons. The normalized spacial score (nSPS) is 16.0. The molecular weight excluding hydrogens is 316 g/mol. The molecule has 1 aromatic carbocycles. The van der Waals surface area contributed by atoms with Gasteiger partial charge in [-0.1, -0.05) is 32.9 Å². The van der Waals surface area contributed by atoms with Gasteiger partial charge in [0.1, 0.15) is 0 Å². The first-order chi connectivity index (χ1) is 12.0. The summed E-state index contributed by atoms with van der Waals surface area (Å²) in [5, 5.41) is 5.25. The number of hydrogen-bond acceptors (Lipinski definition) is 4. The predicted molar refractivity (Wildman–Crippen MR) is 100 cm³/mol. The van der Waals surface area contributed by atoms with Crippen LogP contribution in [-0.2, 0) is 16.1 Å². The maximum absolute atomic E-state index is 11.8. The van der Waals surface area contributed by atoms with Gasteiger partial charge in [0, 0.05) is 45.0 Å². The third-order valence-electron chi connectivity index (χ3n) is 4.41. The molecule has 0 aliphatic carbocycles. The maximum atomic E-state index is 11.8. The van der Waals surface area contributed by atoms with Gasteiger partial charge in [-0.25, -0.2) is 0 Å². The minimum atomic E-state index is -0.621. The lowest BCUT2D eigenvalue weighted by molar-refractivity contribution is -0.136. The molecular formula is C19H30N4O2. The Bertz CT molecular complexity index is 563. The number of amides is 2. The number of likely N-dealkylation sites (N-methyl/N-ethyl adjacent to an activating group) is 1.